The average molecular weight is 1570 g/mol. The Morgan fingerprint density at radius 2 is 0.393 bits per heavy atom. The molecule has 10 rings (SSSR count). The summed E-state index contributed by atoms with van der Waals surface area (Å²) in [7, 11) is 0. The Balaban J connectivity index is 1.07. The Bertz CT molecular complexity index is 3160. The fourth-order valence-electron chi connectivity index (χ4n) is 24.0. The highest BCUT2D eigenvalue weighted by molar-refractivity contribution is 5.51. The summed E-state index contributed by atoms with van der Waals surface area (Å²) in [6.45, 7) is 65.5. The van der Waals surface area contributed by atoms with E-state index in [-0.39, 0.29) is 48.3 Å². The fourth-order valence-corrected chi connectivity index (χ4v) is 24.0. The van der Waals surface area contributed by atoms with Crippen LogP contribution in [0.5, 0.6) is 0 Å². The van der Waals surface area contributed by atoms with E-state index in [2.05, 4.69) is 30.2 Å². The smallest absolute Gasteiger partial charge is 0.232 e. The monoisotopic (exact) mass is 1570 g/mol. The lowest BCUT2D eigenvalue weighted by atomic mass is 9.74. The van der Waals surface area contributed by atoms with Crippen LogP contribution in [0.3, 0.4) is 0 Å². The minimum atomic E-state index is -0.773. The van der Waals surface area contributed by atoms with Crippen molar-refractivity contribution in [3.05, 3.63) is 0 Å². The van der Waals surface area contributed by atoms with Gasteiger partial charge < -0.3 is 30.2 Å². The summed E-state index contributed by atoms with van der Waals surface area (Å²) >= 11 is 0. The van der Waals surface area contributed by atoms with Crippen LogP contribution >= 0.6 is 0 Å². The third kappa shape index (κ3) is 18.3. The van der Waals surface area contributed by atoms with Crippen molar-refractivity contribution in [2.45, 2.75) is 487 Å². The predicted octanol–water partition coefficient (Wildman–Crippen LogP) is 15.3. The quantitative estimate of drug-likeness (QED) is 0.110. The molecule has 10 heterocycles. The van der Waals surface area contributed by atoms with Gasteiger partial charge in [-0.3, -0.25) is 0 Å². The third-order valence-corrected chi connectivity index (χ3v) is 27.5. The molecule has 8 saturated heterocycles. The second-order valence-electron chi connectivity index (χ2n) is 46.4. The van der Waals surface area contributed by atoms with Crippen LogP contribution in [0.1, 0.15) is 350 Å². The lowest BCUT2D eigenvalue weighted by Crippen LogP contribution is -2.67. The largest absolute Gasteiger partial charge is 0.351 e. The second kappa shape index (κ2) is 30.2. The molecular weight excluding hydrogens is 1420 g/mol. The molecule has 28 nitrogen and oxygen atoms in total. The molecule has 8 radical (unpaired) electrons. The SMILES string of the molecule is CC1(C)CC(Nc2nc(N(CCCCCCN(c3nc(NC4CC(C)(C)N([O])C(C)(C)C4)nc(N(C4CC(C)(C)N([O])C(C)(C)C4)C4CC(C)(C)N([O])C(C)(C)C4)n3)C3CC(C)(C)N([O])C(C)(C)C3)C3CC(C)(C)N([O])C(C)(C)C3)nc(N(C3CC(C)(C)N([O])C(C)(C)C3)C3CC(C)(C)N([O])C(C)(C)C3)n2)CC(C)(C)N1[O]. The molecule has 2 N–H and O–H groups in total. The number of nitrogens with one attached hydrogen (secondary N) is 2. The number of hydrogen-bond acceptors (Lipinski definition) is 20. The van der Waals surface area contributed by atoms with Crippen LogP contribution < -0.4 is 30.2 Å². The first kappa shape index (κ1) is 90.5. The van der Waals surface area contributed by atoms with E-state index in [0.717, 1.165) is 25.7 Å². The first-order valence-corrected chi connectivity index (χ1v) is 42.6. The van der Waals surface area contributed by atoms with Crippen LogP contribution in [0.2, 0.25) is 0 Å². The molecule has 0 atom stereocenters. The Labute approximate surface area is 674 Å². The van der Waals surface area contributed by atoms with Gasteiger partial charge in [0, 0.05) is 150 Å². The zero-order chi connectivity index (χ0) is 84.2. The van der Waals surface area contributed by atoms with Crippen molar-refractivity contribution in [2.24, 2.45) is 0 Å². The van der Waals surface area contributed by atoms with Crippen LogP contribution in [-0.2, 0) is 41.7 Å². The first-order valence-electron chi connectivity index (χ1n) is 42.6. The molecule has 8 aliphatic heterocycles. The summed E-state index contributed by atoms with van der Waals surface area (Å²) in [5.41, 5.74) is -12.1. The number of nitrogens with zero attached hydrogens (tertiary/aromatic N) is 18. The van der Waals surface area contributed by atoms with Gasteiger partial charge in [-0.05, 0) is 337 Å². The number of hydroxylamine groups is 16. The minimum Gasteiger partial charge on any atom is -0.351 e. The molecule has 2 aromatic rings. The molecule has 634 valence electrons. The van der Waals surface area contributed by atoms with Gasteiger partial charge in [0.25, 0.3) is 0 Å². The Morgan fingerprint density at radius 3 is 0.580 bits per heavy atom. The summed E-state index contributed by atoms with van der Waals surface area (Å²) in [6.07, 6.45) is 11.3. The Hall–Kier alpha value is -3.82. The normalized spacial score (nSPS) is 28.8. The molecule has 8 fully saturated rings. The van der Waals surface area contributed by atoms with Gasteiger partial charge in [-0.1, -0.05) is 12.8 Å². The van der Waals surface area contributed by atoms with Crippen molar-refractivity contribution < 1.29 is 41.7 Å². The Kier molecular flexibility index (Phi) is 24.4. The number of piperidine rings is 8. The number of unbranched alkanes of at least 4 members (excludes halogenated alkanes) is 3. The van der Waals surface area contributed by atoms with Gasteiger partial charge >= 0.3 is 0 Å². The van der Waals surface area contributed by atoms with E-state index in [9.17, 15) is 41.7 Å². The molecule has 28 heteroatoms. The number of rotatable bonds is 21. The van der Waals surface area contributed by atoms with E-state index >= 15 is 0 Å². The molecule has 2 aromatic heterocycles. The van der Waals surface area contributed by atoms with E-state index in [0.29, 0.717) is 152 Å². The molecule has 0 aromatic carbocycles. The summed E-state index contributed by atoms with van der Waals surface area (Å²) in [5.74, 6) is 2.62. The molecule has 8 aliphatic rings. The van der Waals surface area contributed by atoms with Crippen molar-refractivity contribution in [2.75, 3.05) is 43.3 Å². The molecule has 112 heavy (non-hydrogen) atoms. The Morgan fingerprint density at radius 1 is 0.232 bits per heavy atom. The predicted molar refractivity (Wildman–Crippen MR) is 435 cm³/mol. The van der Waals surface area contributed by atoms with Crippen molar-refractivity contribution in [1.82, 2.24) is 70.4 Å². The summed E-state index contributed by atoms with van der Waals surface area (Å²) in [6, 6.07) is -1.72. The zero-order valence-corrected chi connectivity index (χ0v) is 75.5. The molecule has 0 unspecified atom stereocenters. The van der Waals surface area contributed by atoms with Crippen LogP contribution in [0.15, 0.2) is 0 Å². The lowest BCUT2D eigenvalue weighted by Gasteiger charge is -2.57. The van der Waals surface area contributed by atoms with Crippen molar-refractivity contribution >= 4 is 35.7 Å². The highest BCUT2D eigenvalue weighted by atomic mass is 16.5. The van der Waals surface area contributed by atoms with E-state index < -0.39 is 88.6 Å². The standard InChI is InChI=1S/C84H150N20O8/c1-69(2)39-55(40-70(3,4)97(69)105)85-63-87-65(91-67(89-63)95(59-47-77(17,18)101(109)78(19,20)48-59)60-49-79(21,22)102(110)80(23,24)50-60)93(57-43-73(9,10)99(107)74(11,12)44-57)37-35-33-34-36-38-94(58-45-75(13,14)100(108)76(15,16)46-58)66-88-64(86-56-41-71(5,6)98(106)72(7,8)42-56)90-68(92-66)96(61-51-81(25,26)103(111)82(27,28)52-61)62-53-83(29,30)104(112)84(31,32)54-62/h55-62H,33-54H2,1-32H3,(H,85,87,89,91)(H,86,88,90,92). The van der Waals surface area contributed by atoms with Gasteiger partial charge in [0.05, 0.1) is 0 Å². The van der Waals surface area contributed by atoms with Crippen molar-refractivity contribution in [3.63, 3.8) is 0 Å². The molecule has 0 amide bonds. The van der Waals surface area contributed by atoms with Gasteiger partial charge in [0.15, 0.2) is 0 Å². The average Bonchev–Trinajstić information content (AvgIpc) is 0.731. The summed E-state index contributed by atoms with van der Waals surface area (Å²) in [5, 5.41) is 132. The maximum atomic E-state index is 14.5. The van der Waals surface area contributed by atoms with Crippen LogP contribution in [-0.4, -0.2) is 220 Å². The minimum absolute atomic E-state index is 0.200. The summed E-state index contributed by atoms with van der Waals surface area (Å²) < 4.78 is 0. The van der Waals surface area contributed by atoms with E-state index in [4.69, 9.17) is 29.9 Å². The summed E-state index contributed by atoms with van der Waals surface area (Å²) in [4.78, 5) is 43.0. The molecule has 0 bridgehead atoms. The fraction of sp³-hybridized carbons (Fsp3) is 0.929. The molecule has 0 saturated carbocycles. The van der Waals surface area contributed by atoms with E-state index in [1.54, 1.807) is 0 Å². The molecule has 0 aliphatic carbocycles. The highest BCUT2D eigenvalue weighted by Crippen LogP contribution is 2.51. The van der Waals surface area contributed by atoms with Crippen LogP contribution in [0, 0.1) is 0 Å². The van der Waals surface area contributed by atoms with Gasteiger partial charge in [-0.15, -0.1) is 82.2 Å². The maximum Gasteiger partial charge on any atom is 0.232 e. The van der Waals surface area contributed by atoms with E-state index in [1.165, 1.54) is 40.5 Å². The highest BCUT2D eigenvalue weighted by Gasteiger charge is 2.59. The van der Waals surface area contributed by atoms with Crippen molar-refractivity contribution in [1.29, 1.82) is 0 Å². The van der Waals surface area contributed by atoms with Crippen molar-refractivity contribution in [3.8, 4) is 0 Å². The topological polar surface area (TPSA) is 299 Å². The van der Waals surface area contributed by atoms with Gasteiger partial charge in [0.1, 0.15) is 0 Å². The number of anilines is 6. The third-order valence-electron chi connectivity index (χ3n) is 27.5. The second-order valence-corrected chi connectivity index (χ2v) is 46.4. The van der Waals surface area contributed by atoms with Gasteiger partial charge in [-0.25, -0.2) is 0 Å². The van der Waals surface area contributed by atoms with Gasteiger partial charge in [0.2, 0.25) is 35.7 Å². The zero-order valence-electron chi connectivity index (χ0n) is 75.5. The van der Waals surface area contributed by atoms with Crippen LogP contribution in [0.4, 0.5) is 35.7 Å². The van der Waals surface area contributed by atoms with Crippen LogP contribution in [0.25, 0.3) is 0 Å². The van der Waals surface area contributed by atoms with Gasteiger partial charge in [-0.2, -0.15) is 29.9 Å². The number of hydrogen-bond donors (Lipinski definition) is 2. The maximum absolute atomic E-state index is 14.5. The molecule has 0 spiro atoms. The molecular formula is C84H150N20O8. The lowest BCUT2D eigenvalue weighted by molar-refractivity contribution is -0.294. The first-order chi connectivity index (χ1) is 50.6. The van der Waals surface area contributed by atoms with E-state index in [1.807, 2.05) is 222 Å². The number of aromatic nitrogens is 6.